The molecule has 2 amide bonds. The molecule has 1 fully saturated rings. The van der Waals surface area contributed by atoms with Crippen molar-refractivity contribution in [1.29, 1.82) is 0 Å². The van der Waals surface area contributed by atoms with E-state index < -0.39 is 5.97 Å². The minimum atomic E-state index is -0.533. The van der Waals surface area contributed by atoms with E-state index in [9.17, 15) is 14.4 Å². The number of rotatable bonds is 5. The van der Waals surface area contributed by atoms with Crippen molar-refractivity contribution in [1.82, 2.24) is 14.4 Å². The van der Waals surface area contributed by atoms with Crippen molar-refractivity contribution in [2.24, 2.45) is 0 Å². The van der Waals surface area contributed by atoms with E-state index in [1.54, 1.807) is 50.8 Å². The number of carbonyl (C=O) groups is 3. The van der Waals surface area contributed by atoms with Gasteiger partial charge in [0, 0.05) is 26.2 Å². The number of hydrogen-bond acceptors (Lipinski definition) is 6. The number of furan rings is 2. The van der Waals surface area contributed by atoms with Gasteiger partial charge in [0.25, 0.3) is 5.91 Å². The van der Waals surface area contributed by atoms with Crippen molar-refractivity contribution in [2.75, 3.05) is 33.3 Å². The molecule has 4 heterocycles. The van der Waals surface area contributed by atoms with Crippen LogP contribution in [0.25, 0.3) is 11.5 Å². The summed E-state index contributed by atoms with van der Waals surface area (Å²) in [5.41, 5.74) is 0.879. The topological polar surface area (TPSA) is 98.1 Å². The van der Waals surface area contributed by atoms with Gasteiger partial charge < -0.3 is 27.9 Å². The molecule has 9 heteroatoms. The molecule has 3 aromatic heterocycles. The predicted molar refractivity (Wildman–Crippen MR) is 105 cm³/mol. The molecule has 0 bridgehead atoms. The summed E-state index contributed by atoms with van der Waals surface area (Å²) in [7, 11) is 1.29. The van der Waals surface area contributed by atoms with Gasteiger partial charge in [-0.2, -0.15) is 0 Å². The van der Waals surface area contributed by atoms with E-state index in [1.807, 2.05) is 0 Å². The molecule has 0 N–H and O–H groups in total. The van der Waals surface area contributed by atoms with Gasteiger partial charge in [0.2, 0.25) is 5.91 Å². The Hall–Kier alpha value is -3.75. The summed E-state index contributed by atoms with van der Waals surface area (Å²) >= 11 is 0. The van der Waals surface area contributed by atoms with E-state index in [0.29, 0.717) is 37.6 Å². The normalized spacial score (nSPS) is 14.0. The lowest BCUT2D eigenvalue weighted by atomic mass is 10.2. The van der Waals surface area contributed by atoms with E-state index in [0.717, 1.165) is 0 Å². The Bertz CT molecular complexity index is 1030. The van der Waals surface area contributed by atoms with Crippen LogP contribution in [0.1, 0.15) is 21.0 Å². The Kier molecular flexibility index (Phi) is 5.42. The zero-order valence-electron chi connectivity index (χ0n) is 16.4. The molecule has 1 aliphatic rings. The van der Waals surface area contributed by atoms with Gasteiger partial charge >= 0.3 is 5.97 Å². The lowest BCUT2D eigenvalue weighted by Crippen LogP contribution is -2.51. The fraction of sp³-hybridized carbons (Fsp3) is 0.286. The molecular formula is C21H21N3O6. The Morgan fingerprint density at radius 3 is 2.27 bits per heavy atom. The molecule has 1 saturated heterocycles. The smallest absolute Gasteiger partial charge is 0.354 e. The number of nitrogens with zero attached hydrogens (tertiary/aromatic N) is 3. The third-order valence-electron chi connectivity index (χ3n) is 5.09. The summed E-state index contributed by atoms with van der Waals surface area (Å²) in [4.78, 5) is 40.8. The van der Waals surface area contributed by atoms with Crippen LogP contribution in [0.2, 0.25) is 0 Å². The monoisotopic (exact) mass is 411 g/mol. The SMILES string of the molecule is COC(=O)c1ccc(-c2ccco2)n1CC(=O)N1CCN(C(=O)c2ccco2)CC1. The third kappa shape index (κ3) is 3.73. The highest BCUT2D eigenvalue weighted by Gasteiger charge is 2.27. The van der Waals surface area contributed by atoms with Crippen molar-refractivity contribution < 1.29 is 28.0 Å². The summed E-state index contributed by atoms with van der Waals surface area (Å²) in [5.74, 6) is -0.0472. The number of carbonyl (C=O) groups excluding carboxylic acids is 3. The molecule has 1 aliphatic heterocycles. The van der Waals surface area contributed by atoms with Crippen LogP contribution in [0.5, 0.6) is 0 Å². The molecule has 4 rings (SSSR count). The zero-order chi connectivity index (χ0) is 21.1. The van der Waals surface area contributed by atoms with Gasteiger partial charge in [-0.3, -0.25) is 9.59 Å². The molecule has 30 heavy (non-hydrogen) atoms. The Labute approximate surface area is 172 Å². The molecule has 0 aliphatic carbocycles. The summed E-state index contributed by atoms with van der Waals surface area (Å²) in [6.07, 6.45) is 2.99. The summed E-state index contributed by atoms with van der Waals surface area (Å²) in [5, 5.41) is 0. The van der Waals surface area contributed by atoms with E-state index in [-0.39, 0.29) is 29.8 Å². The van der Waals surface area contributed by atoms with Crippen molar-refractivity contribution in [2.45, 2.75) is 6.54 Å². The molecule has 0 unspecified atom stereocenters. The number of piperazine rings is 1. The second kappa shape index (κ2) is 8.32. The number of ether oxygens (including phenoxy) is 1. The average molecular weight is 411 g/mol. The van der Waals surface area contributed by atoms with Crippen LogP contribution in [0.15, 0.2) is 57.8 Å². The van der Waals surface area contributed by atoms with Gasteiger partial charge in [-0.25, -0.2) is 4.79 Å². The molecule has 156 valence electrons. The first-order valence-corrected chi connectivity index (χ1v) is 9.50. The maximum absolute atomic E-state index is 13.0. The third-order valence-corrected chi connectivity index (χ3v) is 5.09. The molecule has 9 nitrogen and oxygen atoms in total. The molecule has 0 saturated carbocycles. The quantitative estimate of drug-likeness (QED) is 0.597. The van der Waals surface area contributed by atoms with Crippen LogP contribution in [-0.2, 0) is 16.1 Å². The van der Waals surface area contributed by atoms with Gasteiger partial charge in [-0.05, 0) is 36.4 Å². The average Bonchev–Trinajstić information content (AvgIpc) is 3.54. The maximum atomic E-state index is 13.0. The molecule has 0 spiro atoms. The molecule has 0 radical (unpaired) electrons. The van der Waals surface area contributed by atoms with Crippen LogP contribution in [0.4, 0.5) is 0 Å². The van der Waals surface area contributed by atoms with Crippen LogP contribution in [-0.4, -0.2) is 65.4 Å². The zero-order valence-corrected chi connectivity index (χ0v) is 16.4. The Morgan fingerprint density at radius 1 is 0.933 bits per heavy atom. The lowest BCUT2D eigenvalue weighted by Gasteiger charge is -2.34. The highest BCUT2D eigenvalue weighted by molar-refractivity contribution is 5.92. The number of hydrogen-bond donors (Lipinski definition) is 0. The van der Waals surface area contributed by atoms with Gasteiger partial charge in [-0.15, -0.1) is 0 Å². The van der Waals surface area contributed by atoms with Crippen molar-refractivity contribution in [3.63, 3.8) is 0 Å². The summed E-state index contributed by atoms with van der Waals surface area (Å²) in [6.45, 7) is 1.57. The molecule has 0 atom stereocenters. The number of aromatic nitrogens is 1. The van der Waals surface area contributed by atoms with E-state index in [1.165, 1.54) is 19.6 Å². The van der Waals surface area contributed by atoms with Crippen LogP contribution < -0.4 is 0 Å². The predicted octanol–water partition coefficient (Wildman–Crippen LogP) is 2.11. The second-order valence-electron chi connectivity index (χ2n) is 6.81. The summed E-state index contributed by atoms with van der Waals surface area (Å²) in [6, 6.07) is 10.1. The van der Waals surface area contributed by atoms with Crippen molar-refractivity contribution in [3.8, 4) is 11.5 Å². The van der Waals surface area contributed by atoms with Gasteiger partial charge in [0.1, 0.15) is 18.0 Å². The first kappa shape index (κ1) is 19.6. The van der Waals surface area contributed by atoms with E-state index in [4.69, 9.17) is 13.6 Å². The van der Waals surface area contributed by atoms with E-state index >= 15 is 0 Å². The second-order valence-corrected chi connectivity index (χ2v) is 6.81. The summed E-state index contributed by atoms with van der Waals surface area (Å²) < 4.78 is 17.0. The van der Waals surface area contributed by atoms with Gasteiger partial charge in [-0.1, -0.05) is 0 Å². The number of esters is 1. The minimum absolute atomic E-state index is 0.0421. The largest absolute Gasteiger partial charge is 0.464 e. The standard InChI is InChI=1S/C21H21N3O6/c1-28-21(27)16-7-6-15(17-4-2-12-29-17)24(16)14-19(25)22-8-10-23(11-9-22)20(26)18-5-3-13-30-18/h2-7,12-13H,8-11,14H2,1H3. The number of amides is 2. The van der Waals surface area contributed by atoms with Crippen molar-refractivity contribution in [3.05, 3.63) is 60.4 Å². The first-order valence-electron chi connectivity index (χ1n) is 9.50. The van der Waals surface area contributed by atoms with Gasteiger partial charge in [0.05, 0.1) is 25.3 Å². The lowest BCUT2D eigenvalue weighted by molar-refractivity contribution is -0.133. The van der Waals surface area contributed by atoms with Crippen LogP contribution in [0, 0.1) is 0 Å². The van der Waals surface area contributed by atoms with Crippen molar-refractivity contribution >= 4 is 17.8 Å². The van der Waals surface area contributed by atoms with Crippen LogP contribution in [0.3, 0.4) is 0 Å². The van der Waals surface area contributed by atoms with E-state index in [2.05, 4.69) is 0 Å². The Balaban J connectivity index is 1.46. The molecular weight excluding hydrogens is 390 g/mol. The maximum Gasteiger partial charge on any atom is 0.354 e. The Morgan fingerprint density at radius 2 is 1.63 bits per heavy atom. The van der Waals surface area contributed by atoms with Crippen LogP contribution >= 0.6 is 0 Å². The fourth-order valence-corrected chi connectivity index (χ4v) is 3.51. The highest BCUT2D eigenvalue weighted by Crippen LogP contribution is 2.24. The highest BCUT2D eigenvalue weighted by atomic mass is 16.5. The minimum Gasteiger partial charge on any atom is -0.464 e. The van der Waals surface area contributed by atoms with Gasteiger partial charge in [0.15, 0.2) is 5.76 Å². The molecule has 0 aromatic carbocycles. The first-order chi connectivity index (χ1) is 14.6. The fourth-order valence-electron chi connectivity index (χ4n) is 3.51. The number of methoxy groups -OCH3 is 1. The molecule has 3 aromatic rings.